The smallest absolute Gasteiger partial charge is 0.263 e. The van der Waals surface area contributed by atoms with E-state index in [4.69, 9.17) is 46.4 Å². The lowest BCUT2D eigenvalue weighted by molar-refractivity contribution is 0.601. The number of nitrogens with zero attached hydrogens (tertiary/aromatic N) is 2. The first-order valence-electron chi connectivity index (χ1n) is 4.95. The zero-order valence-corrected chi connectivity index (χ0v) is 13.3. The van der Waals surface area contributed by atoms with Crippen molar-refractivity contribution in [3.05, 3.63) is 44.7 Å². The molecule has 0 atom stereocenters. The molecule has 0 saturated heterocycles. The molecule has 0 bridgehead atoms. The zero-order chi connectivity index (χ0) is 14.9. The zero-order valence-electron chi connectivity index (χ0n) is 9.44. The van der Waals surface area contributed by atoms with Crippen molar-refractivity contribution in [2.75, 3.05) is 4.72 Å². The van der Waals surface area contributed by atoms with Crippen molar-refractivity contribution in [2.24, 2.45) is 0 Å². The molecule has 0 aliphatic carbocycles. The van der Waals surface area contributed by atoms with Crippen LogP contribution in [-0.2, 0) is 10.0 Å². The molecule has 1 heterocycles. The minimum absolute atomic E-state index is 0.00632. The van der Waals surface area contributed by atoms with Gasteiger partial charge in [-0.05, 0) is 29.8 Å². The van der Waals surface area contributed by atoms with Gasteiger partial charge in [-0.3, -0.25) is 4.72 Å². The largest absolute Gasteiger partial charge is 0.263 e. The lowest BCUT2D eigenvalue weighted by Crippen LogP contribution is -2.14. The molecular formula is C10H5Cl4N3O2S. The maximum Gasteiger partial charge on any atom is 0.263 e. The normalized spacial score (nSPS) is 11.4. The van der Waals surface area contributed by atoms with E-state index in [1.54, 1.807) is 0 Å². The molecular weight excluding hydrogens is 368 g/mol. The van der Waals surface area contributed by atoms with Gasteiger partial charge in [-0.2, -0.15) is 4.98 Å². The van der Waals surface area contributed by atoms with Crippen LogP contribution in [0.3, 0.4) is 0 Å². The van der Waals surface area contributed by atoms with Crippen LogP contribution in [0.2, 0.25) is 20.5 Å². The third-order valence-electron chi connectivity index (χ3n) is 2.05. The van der Waals surface area contributed by atoms with Crippen molar-refractivity contribution in [3.8, 4) is 0 Å². The molecule has 1 aromatic carbocycles. The molecule has 0 fully saturated rings. The molecule has 0 radical (unpaired) electrons. The lowest BCUT2D eigenvalue weighted by Gasteiger charge is -2.08. The second kappa shape index (κ2) is 5.91. The van der Waals surface area contributed by atoms with E-state index in [1.807, 2.05) is 0 Å². The Labute approximate surface area is 134 Å². The van der Waals surface area contributed by atoms with Gasteiger partial charge in [-0.15, -0.1) is 0 Å². The van der Waals surface area contributed by atoms with E-state index in [9.17, 15) is 8.42 Å². The third kappa shape index (κ3) is 3.86. The molecule has 2 aromatic rings. The predicted octanol–water partition coefficient (Wildman–Crippen LogP) is 3.89. The van der Waals surface area contributed by atoms with Crippen LogP contribution in [0.15, 0.2) is 29.2 Å². The maximum absolute atomic E-state index is 12.2. The molecule has 1 N–H and O–H groups in total. The van der Waals surface area contributed by atoms with Crippen LogP contribution in [0.1, 0.15) is 0 Å². The summed E-state index contributed by atoms with van der Waals surface area (Å²) in [5.74, 6) is -0.0638. The van der Waals surface area contributed by atoms with E-state index in [1.165, 1.54) is 24.3 Å². The van der Waals surface area contributed by atoms with Crippen LogP contribution in [0.5, 0.6) is 0 Å². The maximum atomic E-state index is 12.2. The van der Waals surface area contributed by atoms with Crippen LogP contribution in [0.25, 0.3) is 0 Å². The SMILES string of the molecule is O=S(=O)(Nc1cc(Cl)nc(Cl)n1)c1cc(Cl)cc(Cl)c1. The summed E-state index contributed by atoms with van der Waals surface area (Å²) in [6.45, 7) is 0. The summed E-state index contributed by atoms with van der Waals surface area (Å²) in [5.41, 5.74) is 0. The number of aromatic nitrogens is 2. The van der Waals surface area contributed by atoms with Gasteiger partial charge < -0.3 is 0 Å². The average molecular weight is 373 g/mol. The molecule has 2 rings (SSSR count). The summed E-state index contributed by atoms with van der Waals surface area (Å²) in [5, 5.41) is 0.208. The fourth-order valence-corrected chi connectivity index (χ4v) is 3.45. The fourth-order valence-electron chi connectivity index (χ4n) is 1.32. The number of hydrogen-bond donors (Lipinski definition) is 1. The van der Waals surface area contributed by atoms with Crippen LogP contribution >= 0.6 is 46.4 Å². The summed E-state index contributed by atoms with van der Waals surface area (Å²) in [6.07, 6.45) is 0. The van der Waals surface area contributed by atoms with Gasteiger partial charge >= 0.3 is 0 Å². The van der Waals surface area contributed by atoms with Gasteiger partial charge in [0.15, 0.2) is 0 Å². The van der Waals surface area contributed by atoms with E-state index in [-0.39, 0.29) is 31.2 Å². The van der Waals surface area contributed by atoms with Crippen molar-refractivity contribution in [2.45, 2.75) is 4.90 Å². The highest BCUT2D eigenvalue weighted by atomic mass is 35.5. The van der Waals surface area contributed by atoms with Gasteiger partial charge in [0, 0.05) is 16.1 Å². The van der Waals surface area contributed by atoms with Crippen LogP contribution in [-0.4, -0.2) is 18.4 Å². The van der Waals surface area contributed by atoms with E-state index in [0.29, 0.717) is 0 Å². The minimum Gasteiger partial charge on any atom is -0.263 e. The van der Waals surface area contributed by atoms with Crippen LogP contribution in [0.4, 0.5) is 5.82 Å². The number of nitrogens with one attached hydrogen (secondary N) is 1. The Morgan fingerprint density at radius 1 is 0.900 bits per heavy atom. The standard InChI is InChI=1S/C10H5Cl4N3O2S/c11-5-1-6(12)3-7(2-5)20(18,19)17-9-4-8(13)15-10(14)16-9/h1-4H,(H,15,16,17). The van der Waals surface area contributed by atoms with E-state index in [0.717, 1.165) is 0 Å². The molecule has 0 aliphatic heterocycles. The topological polar surface area (TPSA) is 72.0 Å². The summed E-state index contributed by atoms with van der Waals surface area (Å²) in [7, 11) is -3.92. The first kappa shape index (κ1) is 15.6. The Morgan fingerprint density at radius 3 is 2.05 bits per heavy atom. The molecule has 0 amide bonds. The summed E-state index contributed by atoms with van der Waals surface area (Å²) in [4.78, 5) is 7.20. The van der Waals surface area contributed by atoms with Gasteiger partial charge in [0.25, 0.3) is 10.0 Å². The lowest BCUT2D eigenvalue weighted by atomic mass is 10.4. The van der Waals surface area contributed by atoms with Crippen LogP contribution < -0.4 is 4.72 Å². The summed E-state index contributed by atoms with van der Waals surface area (Å²) >= 11 is 22.8. The van der Waals surface area contributed by atoms with Gasteiger partial charge in [-0.25, -0.2) is 13.4 Å². The van der Waals surface area contributed by atoms with E-state index in [2.05, 4.69) is 14.7 Å². The molecule has 20 heavy (non-hydrogen) atoms. The van der Waals surface area contributed by atoms with Gasteiger partial charge in [0.2, 0.25) is 5.28 Å². The number of benzene rings is 1. The van der Waals surface area contributed by atoms with E-state index < -0.39 is 10.0 Å². The molecule has 5 nitrogen and oxygen atoms in total. The summed E-state index contributed by atoms with van der Waals surface area (Å²) < 4.78 is 26.5. The molecule has 0 aliphatic rings. The number of halogens is 4. The fraction of sp³-hybridized carbons (Fsp3) is 0. The molecule has 0 saturated carbocycles. The highest BCUT2D eigenvalue weighted by molar-refractivity contribution is 7.92. The molecule has 106 valence electrons. The highest BCUT2D eigenvalue weighted by Crippen LogP contribution is 2.24. The monoisotopic (exact) mass is 371 g/mol. The van der Waals surface area contributed by atoms with Crippen molar-refractivity contribution in [1.82, 2.24) is 9.97 Å². The molecule has 1 aromatic heterocycles. The van der Waals surface area contributed by atoms with Gasteiger partial charge in [-0.1, -0.05) is 34.8 Å². The Morgan fingerprint density at radius 2 is 1.50 bits per heavy atom. The Kier molecular flexibility index (Phi) is 4.61. The minimum atomic E-state index is -3.92. The quantitative estimate of drug-likeness (QED) is 0.655. The number of rotatable bonds is 3. The first-order chi connectivity index (χ1) is 9.26. The Hall–Kier alpha value is -0.790. The number of sulfonamides is 1. The number of anilines is 1. The van der Waals surface area contributed by atoms with Crippen LogP contribution in [0, 0.1) is 0 Å². The average Bonchev–Trinajstić information content (AvgIpc) is 2.25. The van der Waals surface area contributed by atoms with Crippen molar-refractivity contribution >= 4 is 62.2 Å². The Balaban J connectivity index is 2.40. The third-order valence-corrected chi connectivity index (χ3v) is 4.19. The summed E-state index contributed by atoms with van der Waals surface area (Å²) in [6, 6.07) is 5.14. The van der Waals surface area contributed by atoms with Gasteiger partial charge in [0.05, 0.1) is 4.90 Å². The van der Waals surface area contributed by atoms with Gasteiger partial charge in [0.1, 0.15) is 11.0 Å². The predicted molar refractivity (Wildman–Crippen MR) is 79.3 cm³/mol. The molecule has 10 heteroatoms. The van der Waals surface area contributed by atoms with E-state index >= 15 is 0 Å². The first-order valence-corrected chi connectivity index (χ1v) is 7.95. The van der Waals surface area contributed by atoms with Crippen molar-refractivity contribution < 1.29 is 8.42 Å². The Bertz CT molecular complexity index is 727. The number of hydrogen-bond acceptors (Lipinski definition) is 4. The molecule has 0 unspecified atom stereocenters. The van der Waals surface area contributed by atoms with Crippen molar-refractivity contribution in [1.29, 1.82) is 0 Å². The molecule has 0 spiro atoms. The highest BCUT2D eigenvalue weighted by Gasteiger charge is 2.17. The second-order valence-corrected chi connectivity index (χ2v) is 6.84. The van der Waals surface area contributed by atoms with Crippen molar-refractivity contribution in [3.63, 3.8) is 0 Å². The second-order valence-electron chi connectivity index (χ2n) is 3.56.